The standard InChI is InChI=1S/C13H19Cl2N3O/c1-4-18(5-2)12(19)9-17(3)8-10-6-7-11(14)16-13(10)15/h6-7H,4-5,8-9H2,1-3H3. The number of amides is 1. The van der Waals surface area contributed by atoms with E-state index in [-0.39, 0.29) is 5.91 Å². The molecule has 19 heavy (non-hydrogen) atoms. The molecule has 1 heterocycles. The number of hydrogen-bond acceptors (Lipinski definition) is 3. The first-order chi connectivity index (χ1) is 8.97. The Hall–Kier alpha value is -0.840. The van der Waals surface area contributed by atoms with Crippen LogP contribution in [0.3, 0.4) is 0 Å². The molecule has 0 aliphatic rings. The van der Waals surface area contributed by atoms with Crippen LogP contribution in [0.2, 0.25) is 10.3 Å². The number of rotatable bonds is 6. The summed E-state index contributed by atoms with van der Waals surface area (Å²) in [5.74, 6) is 0.116. The minimum absolute atomic E-state index is 0.116. The van der Waals surface area contributed by atoms with E-state index < -0.39 is 0 Å². The average Bonchev–Trinajstić information content (AvgIpc) is 2.34. The summed E-state index contributed by atoms with van der Waals surface area (Å²) >= 11 is 11.8. The van der Waals surface area contributed by atoms with Gasteiger partial charge in [-0.05, 0) is 27.0 Å². The highest BCUT2D eigenvalue weighted by Crippen LogP contribution is 2.17. The summed E-state index contributed by atoms with van der Waals surface area (Å²) in [4.78, 5) is 19.7. The number of halogens is 2. The van der Waals surface area contributed by atoms with E-state index in [9.17, 15) is 4.79 Å². The minimum Gasteiger partial charge on any atom is -0.342 e. The summed E-state index contributed by atoms with van der Waals surface area (Å²) in [5.41, 5.74) is 0.862. The third-order valence-corrected chi connectivity index (χ3v) is 3.39. The molecular weight excluding hydrogens is 285 g/mol. The Bertz CT molecular complexity index is 436. The van der Waals surface area contributed by atoms with Crippen molar-refractivity contribution < 1.29 is 4.79 Å². The lowest BCUT2D eigenvalue weighted by molar-refractivity contribution is -0.131. The zero-order valence-corrected chi connectivity index (χ0v) is 13.0. The molecule has 6 heteroatoms. The van der Waals surface area contributed by atoms with E-state index in [0.29, 0.717) is 23.4 Å². The molecule has 1 aromatic rings. The van der Waals surface area contributed by atoms with Crippen LogP contribution in [-0.4, -0.2) is 47.4 Å². The molecule has 1 rings (SSSR count). The summed E-state index contributed by atoms with van der Waals surface area (Å²) in [7, 11) is 1.88. The predicted molar refractivity (Wildman–Crippen MR) is 78.5 cm³/mol. The molecule has 0 aromatic carbocycles. The predicted octanol–water partition coefficient (Wildman–Crippen LogP) is 2.69. The zero-order chi connectivity index (χ0) is 14.4. The smallest absolute Gasteiger partial charge is 0.236 e. The lowest BCUT2D eigenvalue weighted by atomic mass is 10.2. The summed E-state index contributed by atoms with van der Waals surface area (Å²) in [5, 5.41) is 0.755. The molecule has 0 aliphatic heterocycles. The van der Waals surface area contributed by atoms with Crippen LogP contribution in [0.1, 0.15) is 19.4 Å². The van der Waals surface area contributed by atoms with Crippen molar-refractivity contribution in [2.24, 2.45) is 0 Å². The van der Waals surface area contributed by atoms with Gasteiger partial charge in [0.15, 0.2) is 0 Å². The van der Waals surface area contributed by atoms with Crippen LogP contribution in [0, 0.1) is 0 Å². The Morgan fingerprint density at radius 3 is 2.42 bits per heavy atom. The number of carbonyl (C=O) groups is 1. The van der Waals surface area contributed by atoms with Crippen molar-refractivity contribution in [1.82, 2.24) is 14.8 Å². The first-order valence-corrected chi connectivity index (χ1v) is 7.00. The van der Waals surface area contributed by atoms with E-state index in [0.717, 1.165) is 18.7 Å². The van der Waals surface area contributed by atoms with Gasteiger partial charge in [0.25, 0.3) is 0 Å². The molecule has 1 amide bonds. The second-order valence-electron chi connectivity index (χ2n) is 4.32. The number of pyridine rings is 1. The highest BCUT2D eigenvalue weighted by molar-refractivity contribution is 6.32. The SMILES string of the molecule is CCN(CC)C(=O)CN(C)Cc1ccc(Cl)nc1Cl. The molecule has 0 aliphatic carbocycles. The van der Waals surface area contributed by atoms with Crippen LogP contribution in [0.15, 0.2) is 12.1 Å². The monoisotopic (exact) mass is 303 g/mol. The van der Waals surface area contributed by atoms with Gasteiger partial charge in [-0.25, -0.2) is 4.98 Å². The second kappa shape index (κ2) is 7.68. The molecule has 0 fully saturated rings. The quantitative estimate of drug-likeness (QED) is 0.758. The first-order valence-electron chi connectivity index (χ1n) is 6.25. The van der Waals surface area contributed by atoms with Crippen LogP contribution in [0.25, 0.3) is 0 Å². The van der Waals surface area contributed by atoms with E-state index in [4.69, 9.17) is 23.2 Å². The summed E-state index contributed by atoms with van der Waals surface area (Å²) in [6, 6.07) is 3.53. The number of aromatic nitrogens is 1. The molecule has 4 nitrogen and oxygen atoms in total. The summed E-state index contributed by atoms with van der Waals surface area (Å²) < 4.78 is 0. The molecule has 0 radical (unpaired) electrons. The van der Waals surface area contributed by atoms with Crippen LogP contribution < -0.4 is 0 Å². The molecule has 0 N–H and O–H groups in total. The van der Waals surface area contributed by atoms with Gasteiger partial charge in [-0.1, -0.05) is 29.3 Å². The fraction of sp³-hybridized carbons (Fsp3) is 0.538. The van der Waals surface area contributed by atoms with Gasteiger partial charge < -0.3 is 4.90 Å². The van der Waals surface area contributed by atoms with Crippen LogP contribution in [-0.2, 0) is 11.3 Å². The molecule has 1 aromatic heterocycles. The van der Waals surface area contributed by atoms with Crippen molar-refractivity contribution in [2.45, 2.75) is 20.4 Å². The average molecular weight is 304 g/mol. The summed E-state index contributed by atoms with van der Waals surface area (Å²) in [6.07, 6.45) is 0. The first kappa shape index (κ1) is 16.2. The van der Waals surface area contributed by atoms with Gasteiger partial charge in [-0.3, -0.25) is 9.69 Å². The number of likely N-dealkylation sites (N-methyl/N-ethyl adjacent to an activating group) is 2. The Kier molecular flexibility index (Phi) is 6.55. The zero-order valence-electron chi connectivity index (χ0n) is 11.5. The van der Waals surface area contributed by atoms with Crippen molar-refractivity contribution in [3.8, 4) is 0 Å². The molecule has 0 bridgehead atoms. The van der Waals surface area contributed by atoms with E-state index in [1.165, 1.54) is 0 Å². The highest BCUT2D eigenvalue weighted by atomic mass is 35.5. The maximum atomic E-state index is 12.0. The largest absolute Gasteiger partial charge is 0.342 e. The molecule has 0 unspecified atom stereocenters. The van der Waals surface area contributed by atoms with Crippen molar-refractivity contribution in [3.63, 3.8) is 0 Å². The molecule has 0 saturated heterocycles. The van der Waals surface area contributed by atoms with Crippen molar-refractivity contribution in [2.75, 3.05) is 26.7 Å². The fourth-order valence-corrected chi connectivity index (χ4v) is 2.22. The number of hydrogen-bond donors (Lipinski definition) is 0. The Morgan fingerprint density at radius 2 is 1.89 bits per heavy atom. The second-order valence-corrected chi connectivity index (χ2v) is 5.07. The molecule has 0 atom stereocenters. The van der Waals surface area contributed by atoms with Gasteiger partial charge in [-0.15, -0.1) is 0 Å². The number of carbonyl (C=O) groups excluding carboxylic acids is 1. The van der Waals surface area contributed by atoms with Gasteiger partial charge in [0.1, 0.15) is 10.3 Å². The molecule has 0 saturated carbocycles. The normalized spacial score (nSPS) is 10.8. The van der Waals surface area contributed by atoms with Crippen molar-refractivity contribution >= 4 is 29.1 Å². The third-order valence-electron chi connectivity index (χ3n) is 2.85. The van der Waals surface area contributed by atoms with Gasteiger partial charge in [0.2, 0.25) is 5.91 Å². The number of nitrogens with zero attached hydrogens (tertiary/aromatic N) is 3. The van der Waals surface area contributed by atoms with Gasteiger partial charge in [0.05, 0.1) is 6.54 Å². The topological polar surface area (TPSA) is 36.4 Å². The van der Waals surface area contributed by atoms with Gasteiger partial charge in [0, 0.05) is 25.2 Å². The van der Waals surface area contributed by atoms with E-state index >= 15 is 0 Å². The highest BCUT2D eigenvalue weighted by Gasteiger charge is 2.13. The van der Waals surface area contributed by atoms with Crippen LogP contribution >= 0.6 is 23.2 Å². The van der Waals surface area contributed by atoms with Crippen molar-refractivity contribution in [1.29, 1.82) is 0 Å². The van der Waals surface area contributed by atoms with E-state index in [1.54, 1.807) is 11.0 Å². The molecule has 0 spiro atoms. The maximum absolute atomic E-state index is 12.0. The van der Waals surface area contributed by atoms with Crippen LogP contribution in [0.5, 0.6) is 0 Å². The Balaban J connectivity index is 2.60. The summed E-state index contributed by atoms with van der Waals surface area (Å²) in [6.45, 7) is 6.33. The fourth-order valence-electron chi connectivity index (χ4n) is 1.81. The van der Waals surface area contributed by atoms with Crippen molar-refractivity contribution in [3.05, 3.63) is 28.0 Å². The Labute approximate surface area is 124 Å². The molecule has 106 valence electrons. The molecular formula is C13H19Cl2N3O. The lowest BCUT2D eigenvalue weighted by Gasteiger charge is -2.23. The van der Waals surface area contributed by atoms with E-state index in [1.807, 2.05) is 31.9 Å². The van der Waals surface area contributed by atoms with Gasteiger partial charge in [-0.2, -0.15) is 0 Å². The van der Waals surface area contributed by atoms with Gasteiger partial charge >= 0.3 is 0 Å². The lowest BCUT2D eigenvalue weighted by Crippen LogP contribution is -2.38. The third kappa shape index (κ3) is 4.97. The van der Waals surface area contributed by atoms with Crippen LogP contribution in [0.4, 0.5) is 0 Å². The van der Waals surface area contributed by atoms with E-state index in [2.05, 4.69) is 4.98 Å². The Morgan fingerprint density at radius 1 is 1.26 bits per heavy atom. The maximum Gasteiger partial charge on any atom is 0.236 e. The minimum atomic E-state index is 0.116.